The fourth-order valence-electron chi connectivity index (χ4n) is 4.11. The third-order valence-electron chi connectivity index (χ3n) is 5.74. The molecular weight excluding hydrogens is 516 g/mol. The van der Waals surface area contributed by atoms with Gasteiger partial charge < -0.3 is 10.4 Å². The Kier molecular flexibility index (Phi) is 7.29. The Bertz CT molecular complexity index is 1380. The van der Waals surface area contributed by atoms with Crippen LogP contribution < -0.4 is 5.32 Å². The molecule has 0 bridgehead atoms. The summed E-state index contributed by atoms with van der Waals surface area (Å²) >= 11 is 9.82. The Hall–Kier alpha value is -3.22. The van der Waals surface area contributed by atoms with Crippen molar-refractivity contribution in [1.82, 2.24) is 10.3 Å². The van der Waals surface area contributed by atoms with Gasteiger partial charge in [0.15, 0.2) is 0 Å². The highest BCUT2D eigenvalue weighted by atomic mass is 79.9. The highest BCUT2D eigenvalue weighted by Gasteiger charge is 2.23. The highest BCUT2D eigenvalue weighted by Crippen LogP contribution is 2.32. The lowest BCUT2D eigenvalue weighted by Crippen LogP contribution is -2.30. The molecule has 0 fully saturated rings. The summed E-state index contributed by atoms with van der Waals surface area (Å²) in [6, 6.07) is 22.5. The molecule has 1 amide bonds. The first-order valence-corrected chi connectivity index (χ1v) is 11.9. The number of amides is 1. The van der Waals surface area contributed by atoms with Crippen molar-refractivity contribution in [3.8, 4) is 11.3 Å². The molecule has 2 N–H and O–H groups in total. The van der Waals surface area contributed by atoms with Crippen molar-refractivity contribution in [3.05, 3.63) is 99.0 Å². The van der Waals surface area contributed by atoms with Gasteiger partial charge in [0.2, 0.25) is 0 Å². The van der Waals surface area contributed by atoms with E-state index >= 15 is 0 Å². The first-order chi connectivity index (χ1) is 16.3. The van der Waals surface area contributed by atoms with Crippen LogP contribution in [0.5, 0.6) is 0 Å². The number of nitrogens with one attached hydrogen (secondary N) is 1. The number of hydrogen-bond acceptors (Lipinski definition) is 3. The van der Waals surface area contributed by atoms with Gasteiger partial charge in [-0.05, 0) is 42.3 Å². The minimum atomic E-state index is -0.958. The zero-order valence-corrected chi connectivity index (χ0v) is 20.7. The van der Waals surface area contributed by atoms with Gasteiger partial charge in [-0.3, -0.25) is 9.59 Å². The van der Waals surface area contributed by atoms with Crippen LogP contribution in [-0.2, 0) is 4.79 Å². The minimum Gasteiger partial charge on any atom is -0.481 e. The van der Waals surface area contributed by atoms with Crippen molar-refractivity contribution in [2.45, 2.75) is 19.3 Å². The van der Waals surface area contributed by atoms with E-state index in [0.29, 0.717) is 21.7 Å². The molecule has 34 heavy (non-hydrogen) atoms. The van der Waals surface area contributed by atoms with E-state index < -0.39 is 11.9 Å². The minimum absolute atomic E-state index is 0.132. The van der Waals surface area contributed by atoms with Crippen LogP contribution >= 0.6 is 27.5 Å². The SMILES string of the molecule is Cc1c(-c2ccccc2)nc2ccc(Br)cc2c1C(=O)NC[C@@H](CC(=O)O)c1ccccc1Cl. The zero-order valence-electron chi connectivity index (χ0n) is 18.4. The quantitative estimate of drug-likeness (QED) is 0.278. The molecule has 172 valence electrons. The number of pyridine rings is 1. The molecule has 1 atom stereocenters. The van der Waals surface area contributed by atoms with Crippen molar-refractivity contribution >= 4 is 50.3 Å². The second-order valence-electron chi connectivity index (χ2n) is 8.01. The number of hydrogen-bond donors (Lipinski definition) is 2. The molecule has 4 rings (SSSR count). The predicted octanol–water partition coefficient (Wildman–Crippen LogP) is 6.61. The second-order valence-corrected chi connectivity index (χ2v) is 9.34. The summed E-state index contributed by atoms with van der Waals surface area (Å²) in [5, 5.41) is 13.6. The number of nitrogens with zero attached hydrogens (tertiary/aromatic N) is 1. The lowest BCUT2D eigenvalue weighted by molar-refractivity contribution is -0.137. The van der Waals surface area contributed by atoms with E-state index in [0.717, 1.165) is 26.7 Å². The number of carboxylic acids is 1. The normalized spacial score (nSPS) is 11.9. The van der Waals surface area contributed by atoms with E-state index in [2.05, 4.69) is 21.2 Å². The summed E-state index contributed by atoms with van der Waals surface area (Å²) in [5.74, 6) is -1.72. The highest BCUT2D eigenvalue weighted by molar-refractivity contribution is 9.10. The molecular formula is C27H22BrClN2O3. The Morgan fingerprint density at radius 2 is 1.76 bits per heavy atom. The Labute approximate surface area is 210 Å². The molecule has 5 nitrogen and oxygen atoms in total. The van der Waals surface area contributed by atoms with E-state index in [-0.39, 0.29) is 18.9 Å². The lowest BCUT2D eigenvalue weighted by atomic mass is 9.94. The number of carbonyl (C=O) groups is 2. The predicted molar refractivity (Wildman–Crippen MR) is 138 cm³/mol. The van der Waals surface area contributed by atoms with Gasteiger partial charge in [0.05, 0.1) is 23.2 Å². The number of rotatable bonds is 7. The summed E-state index contributed by atoms with van der Waals surface area (Å²) in [4.78, 5) is 29.9. The average Bonchev–Trinajstić information content (AvgIpc) is 2.82. The molecule has 0 aliphatic carbocycles. The van der Waals surface area contributed by atoms with E-state index in [9.17, 15) is 14.7 Å². The van der Waals surface area contributed by atoms with Gasteiger partial charge in [-0.1, -0.05) is 76.1 Å². The summed E-state index contributed by atoms with van der Waals surface area (Å²) < 4.78 is 0.836. The molecule has 0 radical (unpaired) electrons. The number of fused-ring (bicyclic) bond motifs is 1. The lowest BCUT2D eigenvalue weighted by Gasteiger charge is -2.19. The average molecular weight is 538 g/mol. The number of aromatic nitrogens is 1. The molecule has 1 aromatic heterocycles. The first-order valence-electron chi connectivity index (χ1n) is 10.7. The number of benzene rings is 3. The van der Waals surface area contributed by atoms with E-state index in [1.165, 1.54) is 0 Å². The van der Waals surface area contributed by atoms with Crippen LogP contribution in [0.15, 0.2) is 77.3 Å². The van der Waals surface area contributed by atoms with Gasteiger partial charge in [0.25, 0.3) is 5.91 Å². The van der Waals surface area contributed by atoms with Crippen molar-refractivity contribution in [3.63, 3.8) is 0 Å². The molecule has 0 aliphatic heterocycles. The van der Waals surface area contributed by atoms with E-state index in [1.807, 2.05) is 61.5 Å². The van der Waals surface area contributed by atoms with Crippen LogP contribution in [0, 0.1) is 6.92 Å². The Morgan fingerprint density at radius 3 is 2.47 bits per heavy atom. The smallest absolute Gasteiger partial charge is 0.304 e. The van der Waals surface area contributed by atoms with Crippen molar-refractivity contribution < 1.29 is 14.7 Å². The Balaban J connectivity index is 1.74. The molecule has 0 aliphatic rings. The van der Waals surface area contributed by atoms with E-state index in [4.69, 9.17) is 16.6 Å². The summed E-state index contributed by atoms with van der Waals surface area (Å²) in [6.07, 6.45) is -0.152. The van der Waals surface area contributed by atoms with Crippen LogP contribution in [0.4, 0.5) is 0 Å². The van der Waals surface area contributed by atoms with Crippen molar-refractivity contribution in [2.24, 2.45) is 0 Å². The molecule has 1 heterocycles. The van der Waals surface area contributed by atoms with Crippen LogP contribution in [0.1, 0.15) is 33.8 Å². The Morgan fingerprint density at radius 1 is 1.06 bits per heavy atom. The van der Waals surface area contributed by atoms with Crippen LogP contribution in [0.3, 0.4) is 0 Å². The fraction of sp³-hybridized carbons (Fsp3) is 0.148. The van der Waals surface area contributed by atoms with Crippen LogP contribution in [-0.4, -0.2) is 28.5 Å². The van der Waals surface area contributed by atoms with Gasteiger partial charge in [-0.2, -0.15) is 0 Å². The molecule has 0 unspecified atom stereocenters. The van der Waals surface area contributed by atoms with Crippen LogP contribution in [0.2, 0.25) is 5.02 Å². The zero-order chi connectivity index (χ0) is 24.2. The number of aliphatic carboxylic acids is 1. The topological polar surface area (TPSA) is 79.3 Å². The molecule has 0 saturated carbocycles. The van der Waals surface area contributed by atoms with Gasteiger partial charge in [0, 0.05) is 32.9 Å². The number of carbonyl (C=O) groups excluding carboxylic acids is 1. The largest absolute Gasteiger partial charge is 0.481 e. The number of carboxylic acid groups (broad SMARTS) is 1. The van der Waals surface area contributed by atoms with Gasteiger partial charge in [-0.15, -0.1) is 0 Å². The van der Waals surface area contributed by atoms with Gasteiger partial charge >= 0.3 is 5.97 Å². The summed E-state index contributed by atoms with van der Waals surface area (Å²) in [6.45, 7) is 2.01. The summed E-state index contributed by atoms with van der Waals surface area (Å²) in [5.41, 5.74) is 4.30. The summed E-state index contributed by atoms with van der Waals surface area (Å²) in [7, 11) is 0. The second kappa shape index (κ2) is 10.4. The third-order valence-corrected chi connectivity index (χ3v) is 6.58. The van der Waals surface area contributed by atoms with Gasteiger partial charge in [-0.25, -0.2) is 4.98 Å². The standard InChI is InChI=1S/C27H22BrClN2O3/c1-16-25(27(34)30-15-18(13-24(32)33)20-9-5-6-10-22(20)29)21-14-19(28)11-12-23(21)31-26(16)17-7-3-2-4-8-17/h2-12,14,18H,13,15H2,1H3,(H,30,34)(H,32,33)/t18-/m1/s1. The maximum Gasteiger partial charge on any atom is 0.304 e. The first kappa shape index (κ1) is 23.9. The molecule has 7 heteroatoms. The van der Waals surface area contributed by atoms with E-state index in [1.54, 1.807) is 18.2 Å². The molecule has 0 spiro atoms. The molecule has 4 aromatic rings. The van der Waals surface area contributed by atoms with Crippen molar-refractivity contribution in [1.29, 1.82) is 0 Å². The third kappa shape index (κ3) is 5.13. The maximum absolute atomic E-state index is 13.5. The fourth-order valence-corrected chi connectivity index (χ4v) is 4.76. The van der Waals surface area contributed by atoms with Crippen LogP contribution in [0.25, 0.3) is 22.2 Å². The maximum atomic E-state index is 13.5. The molecule has 0 saturated heterocycles. The number of halogens is 2. The molecule has 3 aromatic carbocycles. The van der Waals surface area contributed by atoms with Gasteiger partial charge in [0.1, 0.15) is 0 Å². The van der Waals surface area contributed by atoms with Crippen molar-refractivity contribution in [2.75, 3.05) is 6.54 Å². The monoisotopic (exact) mass is 536 g/mol.